The maximum Gasteiger partial charge on any atom is 0.299 e. The van der Waals surface area contributed by atoms with Crippen molar-refractivity contribution in [2.75, 3.05) is 25.0 Å². The summed E-state index contributed by atoms with van der Waals surface area (Å²) < 4.78 is 0. The van der Waals surface area contributed by atoms with Crippen LogP contribution in [0.15, 0.2) is 12.1 Å². The van der Waals surface area contributed by atoms with Crippen molar-refractivity contribution in [1.29, 1.82) is 0 Å². The van der Waals surface area contributed by atoms with Crippen LogP contribution in [0.2, 0.25) is 10.0 Å². The molecule has 1 aliphatic rings. The number of Topliss-reactive ketones (excluding diaryl/α,β-unsaturated/α-hetero) is 1. The summed E-state index contributed by atoms with van der Waals surface area (Å²) in [4.78, 5) is 25.0. The molecule has 1 aromatic rings. The average Bonchev–Trinajstić information content (AvgIpc) is 2.56. The number of rotatable bonds is 3. The molecular formula is C11H10Cl2N2O2. The van der Waals surface area contributed by atoms with E-state index < -0.39 is 11.7 Å². The molecule has 1 aromatic carbocycles. The molecule has 0 bridgehead atoms. The number of likely N-dealkylation sites (N-methyl/N-ethyl adjacent to an activating group) is 1. The predicted octanol–water partition coefficient (Wildman–Crippen LogP) is 1.74. The van der Waals surface area contributed by atoms with E-state index in [1.807, 2.05) is 0 Å². The first-order valence-corrected chi connectivity index (χ1v) is 5.82. The Balaban J connectivity index is 2.52. The lowest BCUT2D eigenvalue weighted by Crippen LogP contribution is -2.35. The highest BCUT2D eigenvalue weighted by Gasteiger charge is 2.38. The number of benzene rings is 1. The first kappa shape index (κ1) is 12.4. The summed E-state index contributed by atoms with van der Waals surface area (Å²) >= 11 is 11.9. The van der Waals surface area contributed by atoms with Crippen LogP contribution in [0.3, 0.4) is 0 Å². The molecule has 0 atom stereocenters. The Morgan fingerprint density at radius 3 is 2.53 bits per heavy atom. The van der Waals surface area contributed by atoms with E-state index in [4.69, 9.17) is 23.2 Å². The van der Waals surface area contributed by atoms with Crippen molar-refractivity contribution < 1.29 is 9.59 Å². The van der Waals surface area contributed by atoms with Crippen LogP contribution < -0.4 is 10.2 Å². The lowest BCUT2D eigenvalue weighted by molar-refractivity contribution is -0.114. The van der Waals surface area contributed by atoms with Crippen LogP contribution in [0.4, 0.5) is 5.69 Å². The number of ketones is 1. The Morgan fingerprint density at radius 1 is 1.24 bits per heavy atom. The van der Waals surface area contributed by atoms with Gasteiger partial charge in [-0.15, -0.1) is 0 Å². The number of hydrogen-bond donors (Lipinski definition) is 1. The van der Waals surface area contributed by atoms with Gasteiger partial charge in [0, 0.05) is 13.1 Å². The second-order valence-electron chi connectivity index (χ2n) is 3.64. The highest BCUT2D eigenvalue weighted by molar-refractivity contribution is 6.56. The second kappa shape index (κ2) is 4.64. The Labute approximate surface area is 108 Å². The number of anilines is 1. The molecule has 2 rings (SSSR count). The third-order valence-corrected chi connectivity index (χ3v) is 3.22. The van der Waals surface area contributed by atoms with Crippen LogP contribution in [0.5, 0.6) is 0 Å². The summed E-state index contributed by atoms with van der Waals surface area (Å²) in [5.41, 5.74) is 0.629. The lowest BCUT2D eigenvalue weighted by Gasteiger charge is -2.17. The van der Waals surface area contributed by atoms with Gasteiger partial charge in [-0.2, -0.15) is 0 Å². The summed E-state index contributed by atoms with van der Waals surface area (Å²) in [6.45, 7) is 0.954. The van der Waals surface area contributed by atoms with E-state index in [1.54, 1.807) is 13.1 Å². The first-order chi connectivity index (χ1) is 8.07. The highest BCUT2D eigenvalue weighted by atomic mass is 35.5. The minimum absolute atomic E-state index is 0.209. The topological polar surface area (TPSA) is 49.4 Å². The molecule has 90 valence electrons. The fourth-order valence-corrected chi connectivity index (χ4v) is 2.29. The first-order valence-electron chi connectivity index (χ1n) is 5.06. The zero-order chi connectivity index (χ0) is 12.6. The van der Waals surface area contributed by atoms with Gasteiger partial charge in [-0.3, -0.25) is 9.59 Å². The van der Waals surface area contributed by atoms with Crippen LogP contribution in [0.1, 0.15) is 10.4 Å². The molecule has 0 aromatic heterocycles. The van der Waals surface area contributed by atoms with E-state index >= 15 is 0 Å². The van der Waals surface area contributed by atoms with E-state index in [0.717, 1.165) is 0 Å². The molecule has 1 N–H and O–H groups in total. The molecular weight excluding hydrogens is 263 g/mol. The molecule has 0 unspecified atom stereocenters. The Morgan fingerprint density at radius 2 is 1.88 bits per heavy atom. The van der Waals surface area contributed by atoms with Gasteiger partial charge in [-0.1, -0.05) is 23.2 Å². The normalized spacial score (nSPS) is 14.4. The van der Waals surface area contributed by atoms with E-state index in [9.17, 15) is 9.59 Å². The van der Waals surface area contributed by atoms with E-state index in [0.29, 0.717) is 23.8 Å². The van der Waals surface area contributed by atoms with Crippen LogP contribution in [0, 0.1) is 0 Å². The van der Waals surface area contributed by atoms with Gasteiger partial charge >= 0.3 is 0 Å². The number of fused-ring (bicyclic) bond motifs is 1. The predicted molar refractivity (Wildman–Crippen MR) is 67.1 cm³/mol. The second-order valence-corrected chi connectivity index (χ2v) is 4.46. The third-order valence-electron chi connectivity index (χ3n) is 2.60. The number of carbonyl (C=O) groups excluding carboxylic acids is 2. The fraction of sp³-hybridized carbons (Fsp3) is 0.273. The zero-order valence-electron chi connectivity index (χ0n) is 9.09. The van der Waals surface area contributed by atoms with Crippen molar-refractivity contribution in [1.82, 2.24) is 5.32 Å². The van der Waals surface area contributed by atoms with Gasteiger partial charge in [0.1, 0.15) is 0 Å². The number of nitrogens with one attached hydrogen (secondary N) is 1. The summed E-state index contributed by atoms with van der Waals surface area (Å²) in [6.07, 6.45) is 0. The van der Waals surface area contributed by atoms with Gasteiger partial charge in [0.2, 0.25) is 0 Å². The zero-order valence-corrected chi connectivity index (χ0v) is 10.6. The van der Waals surface area contributed by atoms with Crippen molar-refractivity contribution in [3.8, 4) is 0 Å². The molecule has 1 amide bonds. The van der Waals surface area contributed by atoms with E-state index in [2.05, 4.69) is 5.32 Å². The summed E-state index contributed by atoms with van der Waals surface area (Å²) in [5, 5.41) is 3.53. The van der Waals surface area contributed by atoms with Crippen molar-refractivity contribution in [2.24, 2.45) is 0 Å². The Bertz CT molecular complexity index is 502. The molecule has 0 aliphatic carbocycles. The smallest absolute Gasteiger partial charge is 0.299 e. The number of nitrogens with zero attached hydrogens (tertiary/aromatic N) is 1. The van der Waals surface area contributed by atoms with Gasteiger partial charge in [0.15, 0.2) is 0 Å². The molecule has 17 heavy (non-hydrogen) atoms. The SMILES string of the molecule is CNCCN1C(=O)C(=O)c2c(Cl)ccc(Cl)c21. The molecule has 1 heterocycles. The summed E-state index contributed by atoms with van der Waals surface area (Å²) in [6, 6.07) is 3.11. The summed E-state index contributed by atoms with van der Waals surface area (Å²) in [7, 11) is 1.77. The fourth-order valence-electron chi connectivity index (χ4n) is 1.79. The van der Waals surface area contributed by atoms with Crippen molar-refractivity contribution in [3.63, 3.8) is 0 Å². The van der Waals surface area contributed by atoms with Crippen molar-refractivity contribution in [2.45, 2.75) is 0 Å². The van der Waals surface area contributed by atoms with E-state index in [-0.39, 0.29) is 10.6 Å². The lowest BCUT2D eigenvalue weighted by atomic mass is 10.1. The van der Waals surface area contributed by atoms with Crippen LogP contribution in [0.25, 0.3) is 0 Å². The number of halogens is 2. The Kier molecular flexibility index (Phi) is 3.38. The number of amides is 1. The van der Waals surface area contributed by atoms with Gasteiger partial charge in [0.25, 0.3) is 11.7 Å². The number of hydrogen-bond acceptors (Lipinski definition) is 3. The Hall–Kier alpha value is -1.10. The molecule has 4 nitrogen and oxygen atoms in total. The monoisotopic (exact) mass is 272 g/mol. The highest BCUT2D eigenvalue weighted by Crippen LogP contribution is 2.39. The molecule has 0 spiro atoms. The minimum atomic E-state index is -0.594. The molecule has 1 aliphatic heterocycles. The van der Waals surface area contributed by atoms with Gasteiger partial charge in [-0.25, -0.2) is 0 Å². The van der Waals surface area contributed by atoms with Gasteiger partial charge in [-0.05, 0) is 19.2 Å². The minimum Gasteiger partial charge on any atom is -0.318 e. The van der Waals surface area contributed by atoms with Crippen LogP contribution >= 0.6 is 23.2 Å². The van der Waals surface area contributed by atoms with Crippen LogP contribution in [-0.2, 0) is 4.79 Å². The van der Waals surface area contributed by atoms with Crippen LogP contribution in [-0.4, -0.2) is 31.8 Å². The maximum atomic E-state index is 11.8. The maximum absolute atomic E-state index is 11.8. The third kappa shape index (κ3) is 1.92. The average molecular weight is 273 g/mol. The quantitative estimate of drug-likeness (QED) is 0.853. The molecule has 0 fully saturated rings. The molecule has 0 saturated heterocycles. The van der Waals surface area contributed by atoms with Gasteiger partial charge in [0.05, 0.1) is 21.3 Å². The summed E-state index contributed by atoms with van der Waals surface area (Å²) in [5.74, 6) is -1.17. The molecule has 6 heteroatoms. The largest absolute Gasteiger partial charge is 0.318 e. The molecule has 0 saturated carbocycles. The molecule has 0 radical (unpaired) electrons. The standard InChI is InChI=1S/C11H10Cl2N2O2/c1-14-4-5-15-9-7(13)3-2-6(12)8(9)10(16)11(15)17/h2-3,14H,4-5H2,1H3. The van der Waals surface area contributed by atoms with Gasteiger partial charge < -0.3 is 10.2 Å². The number of carbonyl (C=O) groups is 2. The van der Waals surface area contributed by atoms with Crippen molar-refractivity contribution in [3.05, 3.63) is 27.7 Å². The van der Waals surface area contributed by atoms with E-state index in [1.165, 1.54) is 11.0 Å². The van der Waals surface area contributed by atoms with Crippen molar-refractivity contribution >= 4 is 40.6 Å².